The first kappa shape index (κ1) is 42.0. The number of aromatic hydroxyl groups is 1. The number of rotatable bonds is 5. The molecule has 0 saturated heterocycles. The van der Waals surface area contributed by atoms with Gasteiger partial charge in [-0.3, -0.25) is 4.79 Å². The number of para-hydroxylation sites is 3. The molecule has 1 N–H and O–H groups in total. The van der Waals surface area contributed by atoms with E-state index in [9.17, 15) is 8.78 Å². The average molecular weight is 769 g/mol. The third-order valence-electron chi connectivity index (χ3n) is 4.53. The number of halogens is 4. The van der Waals surface area contributed by atoms with Gasteiger partial charge in [-0.1, -0.05) is 54.6 Å². The largest absolute Gasteiger partial charge is 1.00 e. The van der Waals surface area contributed by atoms with E-state index in [0.717, 1.165) is 33.5 Å². The van der Waals surface area contributed by atoms with Gasteiger partial charge in [-0.2, -0.15) is 0 Å². The van der Waals surface area contributed by atoms with Gasteiger partial charge in [-0.15, -0.1) is 0 Å². The number of phenolic OH excluding ortho intramolecular Hbond substituents is 1. The first-order valence-corrected chi connectivity index (χ1v) is 13.2. The molecule has 0 spiro atoms. The maximum absolute atomic E-state index is 12.3. The fourth-order valence-corrected chi connectivity index (χ4v) is 3.34. The first-order valence-electron chi connectivity index (χ1n) is 11.6. The van der Waals surface area contributed by atoms with Crippen molar-refractivity contribution in [3.63, 3.8) is 0 Å². The third kappa shape index (κ3) is 18.6. The quantitative estimate of drug-likeness (QED) is 0.0975. The van der Waals surface area contributed by atoms with Gasteiger partial charge in [-0.25, -0.2) is 8.78 Å². The second-order valence-corrected chi connectivity index (χ2v) is 9.22. The van der Waals surface area contributed by atoms with E-state index in [1.54, 1.807) is 24.3 Å². The predicted molar refractivity (Wildman–Crippen MR) is 158 cm³/mol. The maximum Gasteiger partial charge on any atom is 1.00 e. The van der Waals surface area contributed by atoms with Crippen LogP contribution in [-0.2, 0) is 9.68 Å². The molecule has 5 aromatic rings. The van der Waals surface area contributed by atoms with Crippen LogP contribution in [0.3, 0.4) is 0 Å². The molecule has 12 heteroatoms. The molecule has 5 rings (SSSR count). The minimum atomic E-state index is -0.574. The molecule has 5 aromatic carbocycles. The molecule has 0 unspecified atom stereocenters. The van der Waals surface area contributed by atoms with Crippen molar-refractivity contribution in [2.75, 3.05) is 0 Å². The number of carbonyl (C=O) groups excluding carboxylic acids is 1. The van der Waals surface area contributed by atoms with Crippen LogP contribution >= 0.6 is 31.9 Å². The number of hydrogen-bond acceptors (Lipinski definition) is 6. The molecular formula is C31H24Br2F2K2O6. The second kappa shape index (κ2) is 25.2. The van der Waals surface area contributed by atoms with Crippen molar-refractivity contribution in [1.82, 2.24) is 0 Å². The van der Waals surface area contributed by atoms with Crippen LogP contribution in [0.15, 0.2) is 136 Å². The van der Waals surface area contributed by atoms with Gasteiger partial charge in [0.25, 0.3) is 6.47 Å². The molecule has 0 saturated carbocycles. The number of hydrogen-bond donors (Lipinski definition) is 1. The topological polar surface area (TPSA) is 88.1 Å². The van der Waals surface area contributed by atoms with Crippen LogP contribution < -0.4 is 118 Å². The van der Waals surface area contributed by atoms with E-state index in [-0.39, 0.29) is 115 Å². The molecule has 0 aliphatic rings. The van der Waals surface area contributed by atoms with Crippen LogP contribution in [0, 0.1) is 11.6 Å². The van der Waals surface area contributed by atoms with Crippen LogP contribution in [0.4, 0.5) is 8.78 Å². The minimum Gasteiger partial charge on any atom is -1.00 e. The van der Waals surface area contributed by atoms with Gasteiger partial charge in [-0.05, 0) is 92.5 Å². The Hall–Kier alpha value is -0.977. The summed E-state index contributed by atoms with van der Waals surface area (Å²) in [6.45, 7) is -0.181. The Labute approximate surface area is 351 Å². The summed E-state index contributed by atoms with van der Waals surface area (Å²) in [7, 11) is 0. The molecule has 0 aliphatic carbocycles. The fraction of sp³-hybridized carbons (Fsp3) is 0. The fourth-order valence-electron chi connectivity index (χ4n) is 2.76. The number of carbonyl (C=O) groups is 1. The van der Waals surface area contributed by atoms with Gasteiger partial charge in [0.05, 0.1) is 8.95 Å². The van der Waals surface area contributed by atoms with E-state index in [4.69, 9.17) is 24.6 Å². The first-order chi connectivity index (χ1) is 19.8. The molecule has 6 nitrogen and oxygen atoms in total. The van der Waals surface area contributed by atoms with Gasteiger partial charge in [0.15, 0.2) is 0 Å². The summed E-state index contributed by atoms with van der Waals surface area (Å²) < 4.78 is 37.2. The summed E-state index contributed by atoms with van der Waals surface area (Å²) in [6, 6.07) is 37.1. The SMILES string of the molecule is Brc1ccc(Oc2ccccc2)cc1Oc1ccccc1.Fc1ccc(Br)c(F)c1.O=CO[O-].Oc1ccccc1.[H-].[K+].[K+]. The normalized spacial score (nSPS) is 8.86. The van der Waals surface area contributed by atoms with E-state index in [1.807, 2.05) is 84.9 Å². The van der Waals surface area contributed by atoms with Crippen molar-refractivity contribution in [2.24, 2.45) is 0 Å². The summed E-state index contributed by atoms with van der Waals surface area (Å²) in [6.07, 6.45) is 0. The molecule has 214 valence electrons. The maximum atomic E-state index is 12.3. The molecule has 43 heavy (non-hydrogen) atoms. The Morgan fingerprint density at radius 3 is 1.53 bits per heavy atom. The van der Waals surface area contributed by atoms with Gasteiger partial charge in [0.1, 0.15) is 40.4 Å². The van der Waals surface area contributed by atoms with Gasteiger partial charge in [0, 0.05) is 12.1 Å². The molecule has 0 heterocycles. The van der Waals surface area contributed by atoms with Gasteiger partial charge >= 0.3 is 103 Å². The van der Waals surface area contributed by atoms with Crippen molar-refractivity contribution in [2.45, 2.75) is 0 Å². The second-order valence-electron chi connectivity index (χ2n) is 7.51. The van der Waals surface area contributed by atoms with Crippen molar-refractivity contribution in [3.8, 4) is 28.7 Å². The van der Waals surface area contributed by atoms with Crippen LogP contribution in [-0.4, -0.2) is 11.6 Å². The predicted octanol–water partition coefficient (Wildman–Crippen LogP) is 2.71. The Bertz CT molecular complexity index is 1460. The van der Waals surface area contributed by atoms with Crippen LogP contribution in [0.1, 0.15) is 1.43 Å². The Balaban J connectivity index is 0. The van der Waals surface area contributed by atoms with Crippen LogP contribution in [0.5, 0.6) is 28.7 Å². The van der Waals surface area contributed by atoms with Crippen LogP contribution in [0.2, 0.25) is 0 Å². The minimum absolute atomic E-state index is 0. The number of ether oxygens (including phenoxy) is 2. The zero-order valence-corrected chi connectivity index (χ0v) is 32.6. The Kier molecular flexibility index (Phi) is 24.7. The molecule has 0 bridgehead atoms. The van der Waals surface area contributed by atoms with Crippen molar-refractivity contribution in [3.05, 3.63) is 148 Å². The molecule has 0 atom stereocenters. The number of benzene rings is 5. The summed E-state index contributed by atoms with van der Waals surface area (Å²) in [4.78, 5) is 11.2. The van der Waals surface area contributed by atoms with E-state index >= 15 is 0 Å². The van der Waals surface area contributed by atoms with Crippen molar-refractivity contribution >= 4 is 38.3 Å². The zero-order valence-electron chi connectivity index (χ0n) is 24.2. The standard InChI is InChI=1S/C18H13BrO2.C6H3BrF2.C6H6O.CH2O3.2K.H/c19-17-12-11-16(20-14-7-3-1-4-8-14)13-18(17)21-15-9-5-2-6-10-15;7-5-2-1-4(8)3-6(5)9;7-6-4-2-1-3-5-6;2-1-4-3;;;/h1-13H;1-3H;1-5,7H;1,3H;;;/q;;;;2*+1;-1/p-1. The smallest absolute Gasteiger partial charge is 1.00 e. The molecule has 0 fully saturated rings. The summed E-state index contributed by atoms with van der Waals surface area (Å²) in [5.41, 5.74) is 0. The molecule has 0 radical (unpaired) electrons. The Morgan fingerprint density at radius 2 is 1.12 bits per heavy atom. The van der Waals surface area contributed by atoms with Crippen LogP contribution in [0.25, 0.3) is 0 Å². The summed E-state index contributed by atoms with van der Waals surface area (Å²) in [5.74, 6) is 2.22. The van der Waals surface area contributed by atoms with E-state index < -0.39 is 11.6 Å². The summed E-state index contributed by atoms with van der Waals surface area (Å²) >= 11 is 6.38. The summed E-state index contributed by atoms with van der Waals surface area (Å²) in [5, 5.41) is 17.1. The monoisotopic (exact) mass is 766 g/mol. The molecular weight excluding hydrogens is 744 g/mol. The average Bonchev–Trinajstić information content (AvgIpc) is 2.99. The van der Waals surface area contributed by atoms with E-state index in [0.29, 0.717) is 5.75 Å². The van der Waals surface area contributed by atoms with Gasteiger partial charge in [0.2, 0.25) is 0 Å². The molecule has 0 amide bonds. The molecule has 0 aliphatic heterocycles. The van der Waals surface area contributed by atoms with E-state index in [1.165, 1.54) is 12.1 Å². The molecule has 0 aromatic heterocycles. The van der Waals surface area contributed by atoms with Crippen molar-refractivity contribution in [1.29, 1.82) is 0 Å². The zero-order chi connectivity index (χ0) is 29.9. The third-order valence-corrected chi connectivity index (χ3v) is 5.83. The Morgan fingerprint density at radius 1 is 0.651 bits per heavy atom. The van der Waals surface area contributed by atoms with Crippen molar-refractivity contribution < 1.29 is 142 Å². The van der Waals surface area contributed by atoms with Gasteiger partial charge < -0.3 is 26.2 Å². The number of phenols is 1. The van der Waals surface area contributed by atoms with E-state index in [2.05, 4.69) is 36.7 Å².